The highest BCUT2D eigenvalue weighted by molar-refractivity contribution is 9.10. The lowest BCUT2D eigenvalue weighted by Gasteiger charge is -2.23. The molecule has 0 bridgehead atoms. The zero-order valence-corrected chi connectivity index (χ0v) is 17.7. The average Bonchev–Trinajstić information content (AvgIpc) is 2.72. The van der Waals surface area contributed by atoms with E-state index in [1.807, 2.05) is 0 Å². The second kappa shape index (κ2) is 9.98. The van der Waals surface area contributed by atoms with Crippen LogP contribution in [0.3, 0.4) is 0 Å². The normalized spacial score (nSPS) is 10.2. The van der Waals surface area contributed by atoms with Crippen LogP contribution < -0.4 is 14.2 Å². The van der Waals surface area contributed by atoms with Crippen LogP contribution in [0, 0.1) is 0 Å². The number of ether oxygens (including phenoxy) is 4. The van der Waals surface area contributed by atoms with Crippen LogP contribution >= 0.6 is 15.9 Å². The first-order valence-corrected chi connectivity index (χ1v) is 9.12. The maximum Gasteiger partial charge on any atom is 0.325 e. The molecule has 2 rings (SSSR count). The van der Waals surface area contributed by atoms with E-state index < -0.39 is 5.97 Å². The van der Waals surface area contributed by atoms with Gasteiger partial charge < -0.3 is 23.8 Å². The molecule has 7 nitrogen and oxygen atoms in total. The molecule has 0 aliphatic carbocycles. The molecule has 150 valence electrons. The van der Waals surface area contributed by atoms with Crippen LogP contribution in [-0.4, -0.2) is 51.8 Å². The maximum absolute atomic E-state index is 13.2. The quantitative estimate of drug-likeness (QED) is 0.573. The highest BCUT2D eigenvalue weighted by Crippen LogP contribution is 2.26. The summed E-state index contributed by atoms with van der Waals surface area (Å²) in [5.41, 5.74) is 1.12. The number of carbonyl (C=O) groups is 2. The van der Waals surface area contributed by atoms with Gasteiger partial charge in [-0.1, -0.05) is 0 Å². The van der Waals surface area contributed by atoms with E-state index in [4.69, 9.17) is 18.9 Å². The second-order valence-electron chi connectivity index (χ2n) is 5.80. The Morgan fingerprint density at radius 1 is 0.893 bits per heavy atom. The number of hydrogen-bond acceptors (Lipinski definition) is 6. The van der Waals surface area contributed by atoms with Crippen molar-refractivity contribution >= 4 is 27.8 Å². The molecule has 0 saturated carbocycles. The standard InChI is InChI=1S/C20H22BrNO6/c1-25-14-5-6-18(21)17(10-14)20(24)22(12-19(23)28-4)11-13-7-15(26-2)9-16(8-13)27-3/h5-10H,11-12H2,1-4H3. The summed E-state index contributed by atoms with van der Waals surface area (Å²) in [7, 11) is 5.89. The molecular formula is C20H22BrNO6. The molecule has 0 radical (unpaired) electrons. The molecule has 28 heavy (non-hydrogen) atoms. The number of rotatable bonds is 8. The van der Waals surface area contributed by atoms with Gasteiger partial charge in [-0.05, 0) is 51.8 Å². The average molecular weight is 452 g/mol. The Hall–Kier alpha value is -2.74. The van der Waals surface area contributed by atoms with Crippen LogP contribution in [0.15, 0.2) is 40.9 Å². The zero-order chi connectivity index (χ0) is 20.7. The summed E-state index contributed by atoms with van der Waals surface area (Å²) < 4.78 is 21.1. The van der Waals surface area contributed by atoms with E-state index in [1.54, 1.807) is 50.6 Å². The Bertz CT molecular complexity index is 832. The topological polar surface area (TPSA) is 74.3 Å². The minimum atomic E-state index is -0.526. The van der Waals surface area contributed by atoms with E-state index in [0.29, 0.717) is 27.3 Å². The van der Waals surface area contributed by atoms with Crippen molar-refractivity contribution in [1.82, 2.24) is 4.90 Å². The SMILES string of the molecule is COC(=O)CN(Cc1cc(OC)cc(OC)c1)C(=O)c1cc(OC)ccc1Br. The second-order valence-corrected chi connectivity index (χ2v) is 6.66. The number of halogens is 1. The monoisotopic (exact) mass is 451 g/mol. The van der Waals surface area contributed by atoms with E-state index in [1.165, 1.54) is 19.1 Å². The first-order chi connectivity index (χ1) is 13.4. The molecule has 0 aliphatic heterocycles. The molecule has 0 fully saturated rings. The fraction of sp³-hybridized carbons (Fsp3) is 0.300. The Morgan fingerprint density at radius 3 is 2.04 bits per heavy atom. The smallest absolute Gasteiger partial charge is 0.325 e. The first-order valence-electron chi connectivity index (χ1n) is 8.33. The molecule has 0 N–H and O–H groups in total. The Morgan fingerprint density at radius 2 is 1.50 bits per heavy atom. The van der Waals surface area contributed by atoms with Crippen LogP contribution in [0.2, 0.25) is 0 Å². The number of methoxy groups -OCH3 is 4. The van der Waals surface area contributed by atoms with Crippen LogP contribution in [0.25, 0.3) is 0 Å². The third-order valence-electron chi connectivity index (χ3n) is 4.02. The molecule has 0 saturated heterocycles. The molecule has 8 heteroatoms. The molecule has 0 heterocycles. The van der Waals surface area contributed by atoms with Gasteiger partial charge in [-0.2, -0.15) is 0 Å². The molecule has 0 aliphatic rings. The largest absolute Gasteiger partial charge is 0.497 e. The van der Waals surface area contributed by atoms with Crippen molar-refractivity contribution in [2.45, 2.75) is 6.54 Å². The summed E-state index contributed by atoms with van der Waals surface area (Å²) in [5.74, 6) is 0.831. The van der Waals surface area contributed by atoms with Crippen molar-refractivity contribution in [3.8, 4) is 17.2 Å². The van der Waals surface area contributed by atoms with Gasteiger partial charge in [0, 0.05) is 17.1 Å². The molecule has 2 aromatic rings. The van der Waals surface area contributed by atoms with E-state index in [0.717, 1.165) is 5.56 Å². The van der Waals surface area contributed by atoms with Gasteiger partial charge in [0.1, 0.15) is 23.8 Å². The highest BCUT2D eigenvalue weighted by atomic mass is 79.9. The van der Waals surface area contributed by atoms with Gasteiger partial charge in [0.25, 0.3) is 5.91 Å². The molecule has 2 aromatic carbocycles. The fourth-order valence-corrected chi connectivity index (χ4v) is 2.98. The Kier molecular flexibility index (Phi) is 7.69. The minimum absolute atomic E-state index is 0.158. The van der Waals surface area contributed by atoms with E-state index in [-0.39, 0.29) is 19.0 Å². The Labute approximate surface area is 172 Å². The minimum Gasteiger partial charge on any atom is -0.497 e. The van der Waals surface area contributed by atoms with Gasteiger partial charge in [-0.15, -0.1) is 0 Å². The number of esters is 1. The summed E-state index contributed by atoms with van der Waals surface area (Å²) in [4.78, 5) is 26.5. The lowest BCUT2D eigenvalue weighted by Crippen LogP contribution is -2.36. The molecule has 0 atom stereocenters. The van der Waals surface area contributed by atoms with Crippen molar-refractivity contribution in [1.29, 1.82) is 0 Å². The number of hydrogen-bond donors (Lipinski definition) is 0. The van der Waals surface area contributed by atoms with Crippen molar-refractivity contribution < 1.29 is 28.5 Å². The van der Waals surface area contributed by atoms with Crippen molar-refractivity contribution in [3.63, 3.8) is 0 Å². The van der Waals surface area contributed by atoms with Crippen molar-refractivity contribution in [2.24, 2.45) is 0 Å². The van der Waals surface area contributed by atoms with E-state index in [9.17, 15) is 9.59 Å². The van der Waals surface area contributed by atoms with Crippen LogP contribution in [0.1, 0.15) is 15.9 Å². The molecule has 1 amide bonds. The number of carbonyl (C=O) groups excluding carboxylic acids is 2. The molecule has 0 unspecified atom stereocenters. The lowest BCUT2D eigenvalue weighted by molar-refractivity contribution is -0.141. The predicted molar refractivity (Wildman–Crippen MR) is 107 cm³/mol. The van der Waals surface area contributed by atoms with E-state index in [2.05, 4.69) is 15.9 Å². The fourth-order valence-electron chi connectivity index (χ4n) is 2.56. The summed E-state index contributed by atoms with van der Waals surface area (Å²) in [5, 5.41) is 0. The number of nitrogens with zero attached hydrogens (tertiary/aromatic N) is 1. The van der Waals surface area contributed by atoms with Gasteiger partial charge in [-0.25, -0.2) is 0 Å². The maximum atomic E-state index is 13.2. The zero-order valence-electron chi connectivity index (χ0n) is 16.2. The number of amides is 1. The Balaban J connectivity index is 2.40. The molecule has 0 aromatic heterocycles. The van der Waals surface area contributed by atoms with Gasteiger partial charge in [-0.3, -0.25) is 9.59 Å². The third kappa shape index (κ3) is 5.39. The van der Waals surface area contributed by atoms with Crippen LogP contribution in [-0.2, 0) is 16.1 Å². The summed E-state index contributed by atoms with van der Waals surface area (Å²) in [6, 6.07) is 10.4. The summed E-state index contributed by atoms with van der Waals surface area (Å²) >= 11 is 3.38. The predicted octanol–water partition coefficient (Wildman–Crippen LogP) is 3.29. The third-order valence-corrected chi connectivity index (χ3v) is 4.71. The highest BCUT2D eigenvalue weighted by Gasteiger charge is 2.22. The summed E-state index contributed by atoms with van der Waals surface area (Å²) in [6.45, 7) is -0.0519. The van der Waals surface area contributed by atoms with Crippen molar-refractivity contribution in [3.05, 3.63) is 52.0 Å². The molecule has 0 spiro atoms. The van der Waals surface area contributed by atoms with Gasteiger partial charge in [0.05, 0.1) is 34.0 Å². The van der Waals surface area contributed by atoms with Crippen LogP contribution in [0.4, 0.5) is 0 Å². The van der Waals surface area contributed by atoms with Gasteiger partial charge >= 0.3 is 5.97 Å². The first kappa shape index (κ1) is 21.6. The number of benzene rings is 2. The van der Waals surface area contributed by atoms with Crippen molar-refractivity contribution in [2.75, 3.05) is 35.0 Å². The van der Waals surface area contributed by atoms with E-state index >= 15 is 0 Å². The van der Waals surface area contributed by atoms with Gasteiger partial charge in [0.2, 0.25) is 0 Å². The molecular weight excluding hydrogens is 430 g/mol. The van der Waals surface area contributed by atoms with Crippen LogP contribution in [0.5, 0.6) is 17.2 Å². The van der Waals surface area contributed by atoms with Gasteiger partial charge in [0.15, 0.2) is 0 Å². The lowest BCUT2D eigenvalue weighted by atomic mass is 10.1. The summed E-state index contributed by atoms with van der Waals surface area (Å²) in [6.07, 6.45) is 0.